The van der Waals surface area contributed by atoms with Gasteiger partial charge in [-0.2, -0.15) is 0 Å². The summed E-state index contributed by atoms with van der Waals surface area (Å²) in [4.78, 5) is 25.6. The van der Waals surface area contributed by atoms with Crippen molar-refractivity contribution in [3.63, 3.8) is 0 Å². The number of ether oxygens (including phenoxy) is 3. The van der Waals surface area contributed by atoms with E-state index >= 15 is 0 Å². The van der Waals surface area contributed by atoms with Gasteiger partial charge in [0.05, 0.1) is 26.2 Å². The summed E-state index contributed by atoms with van der Waals surface area (Å²) in [6.45, 7) is 1.28. The molecular formula is C17H23NO6. The third-order valence-corrected chi connectivity index (χ3v) is 4.09. The molecule has 1 aromatic rings. The van der Waals surface area contributed by atoms with E-state index < -0.39 is 5.97 Å². The van der Waals surface area contributed by atoms with Crippen molar-refractivity contribution in [1.82, 2.24) is 4.90 Å². The second-order valence-electron chi connectivity index (χ2n) is 5.53. The van der Waals surface area contributed by atoms with E-state index in [0.717, 1.165) is 0 Å². The van der Waals surface area contributed by atoms with E-state index in [4.69, 9.17) is 19.3 Å². The first-order valence-electron chi connectivity index (χ1n) is 7.90. The number of carboxylic acid groups (broad SMARTS) is 1. The molecule has 132 valence electrons. The predicted octanol–water partition coefficient (Wildman–Crippen LogP) is 1.80. The lowest BCUT2D eigenvalue weighted by Gasteiger charge is -2.34. The number of carbonyl (C=O) groups excluding carboxylic acids is 1. The third kappa shape index (κ3) is 4.17. The van der Waals surface area contributed by atoms with Crippen molar-refractivity contribution in [1.29, 1.82) is 0 Å². The number of aliphatic carboxylic acids is 1. The maximum Gasteiger partial charge on any atom is 0.305 e. The second-order valence-corrected chi connectivity index (χ2v) is 5.53. The van der Waals surface area contributed by atoms with Crippen molar-refractivity contribution >= 4 is 11.9 Å². The summed E-state index contributed by atoms with van der Waals surface area (Å²) >= 11 is 0. The molecular weight excluding hydrogens is 314 g/mol. The molecule has 1 heterocycles. The SMILES string of the molecule is COc1cccc(C(=O)N(CCC(=O)O)C2CCOCC2)c1OC. The van der Waals surface area contributed by atoms with Crippen molar-refractivity contribution < 1.29 is 28.9 Å². The molecule has 0 aromatic heterocycles. The molecule has 0 atom stereocenters. The largest absolute Gasteiger partial charge is 0.493 e. The molecule has 1 saturated heterocycles. The van der Waals surface area contributed by atoms with Crippen LogP contribution in [0, 0.1) is 0 Å². The highest BCUT2D eigenvalue weighted by molar-refractivity contribution is 5.98. The van der Waals surface area contributed by atoms with Crippen molar-refractivity contribution in [2.75, 3.05) is 34.0 Å². The number of methoxy groups -OCH3 is 2. The number of carbonyl (C=O) groups is 2. The number of para-hydroxylation sites is 1. The first-order chi connectivity index (χ1) is 11.6. The smallest absolute Gasteiger partial charge is 0.305 e. The van der Waals surface area contributed by atoms with Gasteiger partial charge in [-0.25, -0.2) is 0 Å². The maximum atomic E-state index is 13.1. The van der Waals surface area contributed by atoms with Gasteiger partial charge in [0.25, 0.3) is 5.91 Å². The molecule has 0 bridgehead atoms. The van der Waals surface area contributed by atoms with Gasteiger partial charge < -0.3 is 24.2 Å². The molecule has 1 amide bonds. The van der Waals surface area contributed by atoms with Gasteiger partial charge in [0.2, 0.25) is 0 Å². The fourth-order valence-corrected chi connectivity index (χ4v) is 2.87. The topological polar surface area (TPSA) is 85.3 Å². The molecule has 0 radical (unpaired) electrons. The van der Waals surface area contributed by atoms with Crippen LogP contribution in [0.3, 0.4) is 0 Å². The summed E-state index contributed by atoms with van der Waals surface area (Å²) in [7, 11) is 2.98. The van der Waals surface area contributed by atoms with Crippen LogP contribution < -0.4 is 9.47 Å². The molecule has 2 rings (SSSR count). The maximum absolute atomic E-state index is 13.1. The normalized spacial score (nSPS) is 14.9. The van der Waals surface area contributed by atoms with E-state index in [2.05, 4.69) is 0 Å². The van der Waals surface area contributed by atoms with E-state index in [1.54, 1.807) is 23.1 Å². The number of amides is 1. The predicted molar refractivity (Wildman–Crippen MR) is 86.7 cm³/mol. The number of rotatable bonds is 7. The highest BCUT2D eigenvalue weighted by atomic mass is 16.5. The summed E-state index contributed by atoms with van der Waals surface area (Å²) in [5.41, 5.74) is 0.369. The molecule has 7 heteroatoms. The van der Waals surface area contributed by atoms with Crippen molar-refractivity contribution in [2.45, 2.75) is 25.3 Å². The fourth-order valence-electron chi connectivity index (χ4n) is 2.87. The zero-order chi connectivity index (χ0) is 17.5. The molecule has 7 nitrogen and oxygen atoms in total. The molecule has 0 spiro atoms. The summed E-state index contributed by atoms with van der Waals surface area (Å²) in [6.07, 6.45) is 1.28. The summed E-state index contributed by atoms with van der Waals surface area (Å²) in [5, 5.41) is 8.99. The van der Waals surface area contributed by atoms with Gasteiger partial charge in [0, 0.05) is 25.8 Å². The molecule has 1 aromatic carbocycles. The van der Waals surface area contributed by atoms with Gasteiger partial charge in [0.1, 0.15) is 0 Å². The third-order valence-electron chi connectivity index (χ3n) is 4.09. The van der Waals surface area contributed by atoms with Gasteiger partial charge in [-0.1, -0.05) is 6.07 Å². The summed E-state index contributed by atoms with van der Waals surface area (Å²) in [6, 6.07) is 5.05. The van der Waals surface area contributed by atoms with Crippen molar-refractivity contribution in [2.24, 2.45) is 0 Å². The van der Waals surface area contributed by atoms with Crippen LogP contribution in [-0.2, 0) is 9.53 Å². The summed E-state index contributed by atoms with van der Waals surface area (Å²) in [5.74, 6) is -0.359. The standard InChI is InChI=1S/C17H23NO6/c1-22-14-5-3-4-13(16(14)23-2)17(21)18(9-6-15(19)20)12-7-10-24-11-8-12/h3-5,12H,6-11H2,1-2H3,(H,19,20). The van der Waals surface area contributed by atoms with Crippen LogP contribution in [-0.4, -0.2) is 61.9 Å². The van der Waals surface area contributed by atoms with E-state index in [-0.39, 0.29) is 24.9 Å². The highest BCUT2D eigenvalue weighted by Crippen LogP contribution is 2.32. The Morgan fingerprint density at radius 1 is 1.25 bits per heavy atom. The lowest BCUT2D eigenvalue weighted by atomic mass is 10.0. The number of benzene rings is 1. The van der Waals surface area contributed by atoms with E-state index in [1.807, 2.05) is 0 Å². The van der Waals surface area contributed by atoms with Crippen molar-refractivity contribution in [3.8, 4) is 11.5 Å². The van der Waals surface area contributed by atoms with Gasteiger partial charge in [-0.3, -0.25) is 9.59 Å². The van der Waals surface area contributed by atoms with E-state index in [0.29, 0.717) is 43.1 Å². The Balaban J connectivity index is 2.30. The monoisotopic (exact) mass is 337 g/mol. The number of hydrogen-bond donors (Lipinski definition) is 1. The molecule has 0 unspecified atom stereocenters. The lowest BCUT2D eigenvalue weighted by Crippen LogP contribution is -2.44. The van der Waals surface area contributed by atoms with Crippen LogP contribution in [0.25, 0.3) is 0 Å². The molecule has 1 N–H and O–H groups in total. The minimum absolute atomic E-state index is 0.0403. The van der Waals surface area contributed by atoms with Crippen LogP contribution in [0.2, 0.25) is 0 Å². The van der Waals surface area contributed by atoms with Gasteiger partial charge in [-0.05, 0) is 25.0 Å². The van der Waals surface area contributed by atoms with E-state index in [1.165, 1.54) is 14.2 Å². The number of carboxylic acids is 1. The summed E-state index contributed by atoms with van der Waals surface area (Å²) < 4.78 is 15.9. The minimum Gasteiger partial charge on any atom is -0.493 e. The lowest BCUT2D eigenvalue weighted by molar-refractivity contribution is -0.137. The first kappa shape index (κ1) is 18.1. The minimum atomic E-state index is -0.933. The fraction of sp³-hybridized carbons (Fsp3) is 0.529. The molecule has 24 heavy (non-hydrogen) atoms. The van der Waals surface area contributed by atoms with Crippen LogP contribution in [0.1, 0.15) is 29.6 Å². The zero-order valence-corrected chi connectivity index (χ0v) is 14.0. The van der Waals surface area contributed by atoms with E-state index in [9.17, 15) is 9.59 Å². The highest BCUT2D eigenvalue weighted by Gasteiger charge is 2.29. The Labute approximate surface area is 141 Å². The average Bonchev–Trinajstić information content (AvgIpc) is 2.61. The Kier molecular flexibility index (Phi) is 6.43. The molecule has 0 aliphatic carbocycles. The molecule has 1 aliphatic rings. The Morgan fingerprint density at radius 3 is 2.54 bits per heavy atom. The Hall–Kier alpha value is -2.28. The van der Waals surface area contributed by atoms with Crippen LogP contribution in [0.15, 0.2) is 18.2 Å². The van der Waals surface area contributed by atoms with Crippen LogP contribution in [0.4, 0.5) is 0 Å². The van der Waals surface area contributed by atoms with Gasteiger partial charge in [0.15, 0.2) is 11.5 Å². The van der Waals surface area contributed by atoms with Crippen LogP contribution in [0.5, 0.6) is 11.5 Å². The van der Waals surface area contributed by atoms with Crippen LogP contribution >= 0.6 is 0 Å². The van der Waals surface area contributed by atoms with Gasteiger partial charge >= 0.3 is 5.97 Å². The van der Waals surface area contributed by atoms with Crippen molar-refractivity contribution in [3.05, 3.63) is 23.8 Å². The Morgan fingerprint density at radius 2 is 1.96 bits per heavy atom. The Bertz CT molecular complexity index is 582. The quantitative estimate of drug-likeness (QED) is 0.816. The first-order valence-corrected chi connectivity index (χ1v) is 7.90. The molecule has 0 saturated carbocycles. The number of nitrogens with zero attached hydrogens (tertiary/aromatic N) is 1. The molecule has 1 fully saturated rings. The molecule has 1 aliphatic heterocycles. The van der Waals surface area contributed by atoms with Gasteiger partial charge in [-0.15, -0.1) is 0 Å². The second kappa shape index (κ2) is 8.54. The zero-order valence-electron chi connectivity index (χ0n) is 14.0. The average molecular weight is 337 g/mol. The number of hydrogen-bond acceptors (Lipinski definition) is 5.